The summed E-state index contributed by atoms with van der Waals surface area (Å²) in [5, 5.41) is 0. The Hall–Kier alpha value is -0.860. The van der Waals surface area contributed by atoms with Crippen molar-refractivity contribution >= 4 is 11.8 Å². The molecule has 72 valence electrons. The molecule has 2 aliphatic rings. The van der Waals surface area contributed by atoms with E-state index in [0.29, 0.717) is 12.3 Å². The summed E-state index contributed by atoms with van der Waals surface area (Å²) in [6.07, 6.45) is 1.33. The Bertz CT molecular complexity index is 259. The van der Waals surface area contributed by atoms with Crippen molar-refractivity contribution in [3.05, 3.63) is 0 Å². The summed E-state index contributed by atoms with van der Waals surface area (Å²) in [4.78, 5) is 22.3. The van der Waals surface area contributed by atoms with Crippen LogP contribution in [-0.2, 0) is 14.3 Å². The number of carbonyl (C=O) groups is 2. The first-order chi connectivity index (χ1) is 6.09. The standard InChI is InChI=1S/C10H14O3/c1-5-3-8-7(4-9(12)13-8)10(5)6(2)11/h5,7-8,10H,3-4H2,1-2H3/t5-,7+,8+,10-/m1/s1. The van der Waals surface area contributed by atoms with Gasteiger partial charge in [0.15, 0.2) is 0 Å². The lowest BCUT2D eigenvalue weighted by molar-refractivity contribution is -0.141. The van der Waals surface area contributed by atoms with Crippen molar-refractivity contribution in [3.8, 4) is 0 Å². The van der Waals surface area contributed by atoms with Crippen LogP contribution in [0.25, 0.3) is 0 Å². The molecule has 0 spiro atoms. The quantitative estimate of drug-likeness (QED) is 0.571. The molecule has 1 aliphatic heterocycles. The molecule has 0 aromatic carbocycles. The van der Waals surface area contributed by atoms with Crippen LogP contribution >= 0.6 is 0 Å². The molecule has 0 radical (unpaired) electrons. The molecule has 1 aliphatic carbocycles. The van der Waals surface area contributed by atoms with Crippen LogP contribution in [0.3, 0.4) is 0 Å². The molecule has 0 unspecified atom stereocenters. The fraction of sp³-hybridized carbons (Fsp3) is 0.800. The Kier molecular flexibility index (Phi) is 1.90. The molecule has 0 bridgehead atoms. The topological polar surface area (TPSA) is 43.4 Å². The highest BCUT2D eigenvalue weighted by Crippen LogP contribution is 2.44. The molecule has 0 N–H and O–H groups in total. The van der Waals surface area contributed by atoms with Gasteiger partial charge in [-0.05, 0) is 19.3 Å². The number of carbonyl (C=O) groups excluding carboxylic acids is 2. The van der Waals surface area contributed by atoms with Crippen LogP contribution < -0.4 is 0 Å². The van der Waals surface area contributed by atoms with Crippen molar-refractivity contribution in [1.29, 1.82) is 0 Å². The van der Waals surface area contributed by atoms with Gasteiger partial charge in [-0.3, -0.25) is 9.59 Å². The maximum Gasteiger partial charge on any atom is 0.306 e. The van der Waals surface area contributed by atoms with Crippen LogP contribution in [0.15, 0.2) is 0 Å². The van der Waals surface area contributed by atoms with Crippen LogP contribution in [0.4, 0.5) is 0 Å². The molecule has 13 heavy (non-hydrogen) atoms. The van der Waals surface area contributed by atoms with Gasteiger partial charge in [-0.25, -0.2) is 0 Å². The van der Waals surface area contributed by atoms with Crippen LogP contribution in [0.5, 0.6) is 0 Å². The van der Waals surface area contributed by atoms with Crippen molar-refractivity contribution in [2.24, 2.45) is 17.8 Å². The normalized spacial score (nSPS) is 43.1. The second-order valence-corrected chi connectivity index (χ2v) is 4.25. The first-order valence-corrected chi connectivity index (χ1v) is 4.79. The molecule has 3 nitrogen and oxygen atoms in total. The lowest BCUT2D eigenvalue weighted by Crippen LogP contribution is -2.22. The van der Waals surface area contributed by atoms with Gasteiger partial charge >= 0.3 is 5.97 Å². The molecule has 0 amide bonds. The Balaban J connectivity index is 2.19. The number of Topliss-reactive ketones (excluding diaryl/α,β-unsaturated/α-hetero) is 1. The predicted octanol–water partition coefficient (Wildman–Crippen LogP) is 1.16. The number of ether oxygens (including phenoxy) is 1. The monoisotopic (exact) mass is 182 g/mol. The average Bonchev–Trinajstić information content (AvgIpc) is 2.41. The van der Waals surface area contributed by atoms with E-state index >= 15 is 0 Å². The van der Waals surface area contributed by atoms with Gasteiger partial charge in [0.2, 0.25) is 0 Å². The van der Waals surface area contributed by atoms with E-state index in [2.05, 4.69) is 6.92 Å². The number of hydrogen-bond acceptors (Lipinski definition) is 3. The zero-order chi connectivity index (χ0) is 9.59. The maximum absolute atomic E-state index is 11.3. The zero-order valence-electron chi connectivity index (χ0n) is 7.95. The Morgan fingerprint density at radius 2 is 2.23 bits per heavy atom. The van der Waals surface area contributed by atoms with Crippen molar-refractivity contribution in [2.75, 3.05) is 0 Å². The van der Waals surface area contributed by atoms with Crippen molar-refractivity contribution in [3.63, 3.8) is 0 Å². The van der Waals surface area contributed by atoms with Gasteiger partial charge in [0, 0.05) is 11.8 Å². The summed E-state index contributed by atoms with van der Waals surface area (Å²) in [7, 11) is 0. The lowest BCUT2D eigenvalue weighted by atomic mass is 9.86. The lowest BCUT2D eigenvalue weighted by Gasteiger charge is -2.15. The molecule has 1 heterocycles. The number of rotatable bonds is 1. The van der Waals surface area contributed by atoms with E-state index in [1.54, 1.807) is 6.92 Å². The third-order valence-electron chi connectivity index (χ3n) is 3.31. The largest absolute Gasteiger partial charge is 0.462 e. The Morgan fingerprint density at radius 1 is 1.54 bits per heavy atom. The van der Waals surface area contributed by atoms with Gasteiger partial charge in [-0.2, -0.15) is 0 Å². The summed E-state index contributed by atoms with van der Waals surface area (Å²) in [5.74, 6) is 0.670. The SMILES string of the molecule is CC(=O)[C@@H]1[C@H]2CC(=O)O[C@H]2C[C@H]1C. The average molecular weight is 182 g/mol. The van der Waals surface area contributed by atoms with E-state index in [1.807, 2.05) is 0 Å². The zero-order valence-corrected chi connectivity index (χ0v) is 7.95. The molecule has 1 saturated heterocycles. The molecular weight excluding hydrogens is 168 g/mol. The van der Waals surface area contributed by atoms with Gasteiger partial charge in [0.25, 0.3) is 0 Å². The van der Waals surface area contributed by atoms with E-state index in [9.17, 15) is 9.59 Å². The summed E-state index contributed by atoms with van der Waals surface area (Å²) in [6, 6.07) is 0. The predicted molar refractivity (Wildman–Crippen MR) is 45.9 cm³/mol. The Morgan fingerprint density at radius 3 is 2.85 bits per heavy atom. The van der Waals surface area contributed by atoms with Crippen molar-refractivity contribution in [2.45, 2.75) is 32.8 Å². The third kappa shape index (κ3) is 1.26. The number of hydrogen-bond donors (Lipinski definition) is 0. The van der Waals surface area contributed by atoms with E-state index < -0.39 is 0 Å². The van der Waals surface area contributed by atoms with Crippen LogP contribution in [-0.4, -0.2) is 17.9 Å². The summed E-state index contributed by atoms with van der Waals surface area (Å²) >= 11 is 0. The third-order valence-corrected chi connectivity index (χ3v) is 3.31. The fourth-order valence-electron chi connectivity index (χ4n) is 2.85. The minimum atomic E-state index is -0.131. The summed E-state index contributed by atoms with van der Waals surface area (Å²) < 4.78 is 5.14. The molecule has 2 fully saturated rings. The van der Waals surface area contributed by atoms with Crippen LogP contribution in [0.1, 0.15) is 26.7 Å². The second-order valence-electron chi connectivity index (χ2n) is 4.25. The number of ketones is 1. The van der Waals surface area contributed by atoms with Crippen molar-refractivity contribution in [1.82, 2.24) is 0 Å². The smallest absolute Gasteiger partial charge is 0.306 e. The molecule has 4 atom stereocenters. The number of fused-ring (bicyclic) bond motifs is 1. The highest BCUT2D eigenvalue weighted by atomic mass is 16.6. The van der Waals surface area contributed by atoms with E-state index in [1.165, 1.54) is 0 Å². The summed E-state index contributed by atoms with van der Waals surface area (Å²) in [6.45, 7) is 3.69. The first-order valence-electron chi connectivity index (χ1n) is 4.79. The van der Waals surface area contributed by atoms with Crippen LogP contribution in [0, 0.1) is 17.8 Å². The molecule has 0 aromatic rings. The van der Waals surface area contributed by atoms with E-state index in [4.69, 9.17) is 4.74 Å². The number of esters is 1. The minimum absolute atomic E-state index is 0.0244. The van der Waals surface area contributed by atoms with Gasteiger partial charge in [0.05, 0.1) is 6.42 Å². The van der Waals surface area contributed by atoms with Gasteiger partial charge in [0.1, 0.15) is 11.9 Å². The van der Waals surface area contributed by atoms with Crippen LogP contribution in [0.2, 0.25) is 0 Å². The minimum Gasteiger partial charge on any atom is -0.462 e. The molecular formula is C10H14O3. The molecule has 1 saturated carbocycles. The first kappa shape index (κ1) is 8.73. The van der Waals surface area contributed by atoms with Gasteiger partial charge in [-0.15, -0.1) is 0 Å². The highest BCUT2D eigenvalue weighted by molar-refractivity contribution is 5.81. The second kappa shape index (κ2) is 2.82. The van der Waals surface area contributed by atoms with E-state index in [0.717, 1.165) is 6.42 Å². The highest BCUT2D eigenvalue weighted by Gasteiger charge is 2.50. The maximum atomic E-state index is 11.3. The van der Waals surface area contributed by atoms with Crippen molar-refractivity contribution < 1.29 is 14.3 Å². The van der Waals surface area contributed by atoms with Gasteiger partial charge in [-0.1, -0.05) is 6.92 Å². The Labute approximate surface area is 77.4 Å². The van der Waals surface area contributed by atoms with E-state index in [-0.39, 0.29) is 29.7 Å². The molecule has 0 aromatic heterocycles. The fourth-order valence-corrected chi connectivity index (χ4v) is 2.85. The molecule has 2 rings (SSSR count). The molecule has 3 heteroatoms. The van der Waals surface area contributed by atoms with Gasteiger partial charge < -0.3 is 4.74 Å². The summed E-state index contributed by atoms with van der Waals surface area (Å²) in [5.41, 5.74) is 0.